The lowest BCUT2D eigenvalue weighted by atomic mass is 9.67. The molecule has 1 aromatic heterocycles. The molecule has 0 bridgehead atoms. The van der Waals surface area contributed by atoms with E-state index in [1.807, 2.05) is 0 Å². The number of amides is 3. The lowest BCUT2D eigenvalue weighted by Gasteiger charge is -2.40. The number of hydrogen-bond acceptors (Lipinski definition) is 6. The molecule has 1 aliphatic heterocycles. The Morgan fingerprint density at radius 3 is 2.38 bits per heavy atom. The molecule has 0 radical (unpaired) electrons. The number of nitrogens with one attached hydrogen (secondary N) is 1. The van der Waals surface area contributed by atoms with E-state index in [9.17, 15) is 9.59 Å². The summed E-state index contributed by atoms with van der Waals surface area (Å²) < 4.78 is 5.32. The summed E-state index contributed by atoms with van der Waals surface area (Å²) in [7, 11) is 0. The summed E-state index contributed by atoms with van der Waals surface area (Å²) in [6.07, 6.45) is 6.97. The molecule has 3 amide bonds. The Morgan fingerprint density at radius 2 is 1.79 bits per heavy atom. The number of carbonyl (C=O) groups is 2. The van der Waals surface area contributed by atoms with Crippen molar-refractivity contribution in [1.82, 2.24) is 20.4 Å². The largest absolute Gasteiger partial charge is 0.337 e. The highest BCUT2D eigenvalue weighted by atomic mass is 35.5. The van der Waals surface area contributed by atoms with E-state index < -0.39 is 11.1 Å². The molecular weight excluding hydrogens is 394 g/mol. The van der Waals surface area contributed by atoms with Crippen LogP contribution in [0.1, 0.15) is 83.9 Å². The fraction of sp³-hybridized carbons (Fsp3) is 0.800. The van der Waals surface area contributed by atoms with Gasteiger partial charge in [0.1, 0.15) is 12.1 Å². The molecule has 2 saturated carbocycles. The highest BCUT2D eigenvalue weighted by Crippen LogP contribution is 2.43. The molecule has 2 aliphatic carbocycles. The van der Waals surface area contributed by atoms with Gasteiger partial charge in [-0.05, 0) is 49.9 Å². The first-order chi connectivity index (χ1) is 13.1. The highest BCUT2D eigenvalue weighted by Gasteiger charge is 2.53. The van der Waals surface area contributed by atoms with E-state index in [4.69, 9.17) is 10.3 Å². The van der Waals surface area contributed by atoms with Crippen LogP contribution in [-0.2, 0) is 16.9 Å². The highest BCUT2D eigenvalue weighted by molar-refractivity contribution is 6.07. The second-order valence-corrected chi connectivity index (χ2v) is 9.92. The SMILES string of the molecule is CC(C)(C)C1CCC2(CC1)NC(=O)N(Cc1nc(C3(N)CCCC3)no1)C2=O.Cl. The normalized spacial score (nSPS) is 29.2. The maximum absolute atomic E-state index is 13.1. The van der Waals surface area contributed by atoms with Gasteiger partial charge in [-0.15, -0.1) is 12.4 Å². The van der Waals surface area contributed by atoms with E-state index in [0.717, 1.165) is 38.5 Å². The molecule has 1 aromatic rings. The van der Waals surface area contributed by atoms with E-state index in [2.05, 4.69) is 36.2 Å². The lowest BCUT2D eigenvalue weighted by molar-refractivity contribution is -0.133. The van der Waals surface area contributed by atoms with Crippen molar-refractivity contribution < 1.29 is 14.1 Å². The summed E-state index contributed by atoms with van der Waals surface area (Å²) in [6.45, 7) is 6.70. The number of aromatic nitrogens is 2. The standard InChI is InChI=1S/C20H31N5O3.ClH/c1-18(2,3)13-6-10-20(11-7-13)16(26)25(17(27)23-20)12-14-22-15(24-28-14)19(21)8-4-5-9-19;/h13H,4-12,21H2,1-3H3,(H,23,27);1H. The van der Waals surface area contributed by atoms with Crippen molar-refractivity contribution in [2.45, 2.75) is 89.8 Å². The van der Waals surface area contributed by atoms with Crippen molar-refractivity contribution in [3.63, 3.8) is 0 Å². The molecule has 0 unspecified atom stereocenters. The summed E-state index contributed by atoms with van der Waals surface area (Å²) in [5, 5.41) is 6.98. The van der Waals surface area contributed by atoms with Crippen LogP contribution in [0.25, 0.3) is 0 Å². The van der Waals surface area contributed by atoms with E-state index in [1.165, 1.54) is 4.90 Å². The van der Waals surface area contributed by atoms with E-state index in [1.54, 1.807) is 0 Å². The Kier molecular flexibility index (Phi) is 5.73. The van der Waals surface area contributed by atoms with Crippen molar-refractivity contribution in [2.24, 2.45) is 17.1 Å². The number of rotatable bonds is 3. The first-order valence-corrected chi connectivity index (χ1v) is 10.4. The molecule has 0 atom stereocenters. The van der Waals surface area contributed by atoms with Crippen molar-refractivity contribution >= 4 is 24.3 Å². The Hall–Kier alpha value is -1.67. The van der Waals surface area contributed by atoms with Gasteiger partial charge in [-0.1, -0.05) is 38.8 Å². The van der Waals surface area contributed by atoms with Gasteiger partial charge in [-0.25, -0.2) is 4.79 Å². The monoisotopic (exact) mass is 425 g/mol. The molecule has 3 N–H and O–H groups in total. The minimum absolute atomic E-state index is 0. The van der Waals surface area contributed by atoms with Gasteiger partial charge in [0.25, 0.3) is 5.91 Å². The van der Waals surface area contributed by atoms with Gasteiger partial charge in [0.2, 0.25) is 5.89 Å². The van der Waals surface area contributed by atoms with Gasteiger partial charge in [0.15, 0.2) is 5.82 Å². The van der Waals surface area contributed by atoms with Crippen LogP contribution in [0.15, 0.2) is 4.52 Å². The molecule has 3 aliphatic rings. The predicted molar refractivity (Wildman–Crippen MR) is 109 cm³/mol. The summed E-state index contributed by atoms with van der Waals surface area (Å²) >= 11 is 0. The number of imide groups is 1. The van der Waals surface area contributed by atoms with Crippen LogP contribution in [0.3, 0.4) is 0 Å². The van der Waals surface area contributed by atoms with E-state index in [0.29, 0.717) is 24.6 Å². The van der Waals surface area contributed by atoms with Crippen LogP contribution >= 0.6 is 12.4 Å². The summed E-state index contributed by atoms with van der Waals surface area (Å²) in [5.74, 6) is 1.12. The van der Waals surface area contributed by atoms with Gasteiger partial charge in [0, 0.05) is 0 Å². The quantitative estimate of drug-likeness (QED) is 0.718. The molecule has 3 fully saturated rings. The topological polar surface area (TPSA) is 114 Å². The van der Waals surface area contributed by atoms with Crippen molar-refractivity contribution in [2.75, 3.05) is 0 Å². The third-order valence-electron chi connectivity index (χ3n) is 7.01. The zero-order valence-electron chi connectivity index (χ0n) is 17.5. The van der Waals surface area contributed by atoms with E-state index >= 15 is 0 Å². The second-order valence-electron chi connectivity index (χ2n) is 9.92. The predicted octanol–water partition coefficient (Wildman–Crippen LogP) is 3.25. The molecule has 29 heavy (non-hydrogen) atoms. The third-order valence-corrected chi connectivity index (χ3v) is 7.01. The van der Waals surface area contributed by atoms with Gasteiger partial charge >= 0.3 is 6.03 Å². The number of hydrogen-bond donors (Lipinski definition) is 2. The maximum atomic E-state index is 13.1. The average molecular weight is 426 g/mol. The number of nitrogens with zero attached hydrogens (tertiary/aromatic N) is 3. The van der Waals surface area contributed by atoms with Crippen molar-refractivity contribution in [1.29, 1.82) is 0 Å². The van der Waals surface area contributed by atoms with Crippen molar-refractivity contribution in [3.8, 4) is 0 Å². The Labute approximate surface area is 177 Å². The molecule has 2 heterocycles. The number of nitrogens with two attached hydrogens (primary N) is 1. The van der Waals surface area contributed by atoms with Crippen LogP contribution in [0.2, 0.25) is 0 Å². The molecule has 1 saturated heterocycles. The number of halogens is 1. The molecule has 1 spiro atoms. The average Bonchev–Trinajstić information content (AvgIpc) is 3.32. The zero-order chi connectivity index (χ0) is 20.2. The van der Waals surface area contributed by atoms with Crippen LogP contribution in [-0.4, -0.2) is 32.5 Å². The molecule has 9 heteroatoms. The van der Waals surface area contributed by atoms with Crippen LogP contribution in [0, 0.1) is 11.3 Å². The molecule has 4 rings (SSSR count). The van der Waals surface area contributed by atoms with Gasteiger partial charge in [-0.3, -0.25) is 9.69 Å². The van der Waals surface area contributed by atoms with Gasteiger partial charge < -0.3 is 15.6 Å². The van der Waals surface area contributed by atoms with Crippen LogP contribution in [0.5, 0.6) is 0 Å². The Bertz CT molecular complexity index is 773. The van der Waals surface area contributed by atoms with Gasteiger partial charge in [0.05, 0.1) is 5.54 Å². The minimum Gasteiger partial charge on any atom is -0.337 e. The summed E-state index contributed by atoms with van der Waals surface area (Å²) in [5.41, 5.74) is 5.26. The Balaban J connectivity index is 0.00000240. The number of carbonyl (C=O) groups excluding carboxylic acids is 2. The summed E-state index contributed by atoms with van der Waals surface area (Å²) in [6, 6.07) is -0.373. The first-order valence-electron chi connectivity index (χ1n) is 10.4. The second kappa shape index (κ2) is 7.54. The lowest BCUT2D eigenvalue weighted by Crippen LogP contribution is -2.50. The molecule has 0 aromatic carbocycles. The Morgan fingerprint density at radius 1 is 1.17 bits per heavy atom. The van der Waals surface area contributed by atoms with E-state index in [-0.39, 0.29) is 42.2 Å². The third kappa shape index (κ3) is 3.89. The molecule has 8 nitrogen and oxygen atoms in total. The minimum atomic E-state index is -0.776. The molecule has 162 valence electrons. The number of urea groups is 1. The van der Waals surface area contributed by atoms with Gasteiger partial charge in [-0.2, -0.15) is 4.98 Å². The van der Waals surface area contributed by atoms with Crippen LogP contribution in [0.4, 0.5) is 4.79 Å². The zero-order valence-corrected chi connectivity index (χ0v) is 18.3. The van der Waals surface area contributed by atoms with Crippen molar-refractivity contribution in [3.05, 3.63) is 11.7 Å². The van der Waals surface area contributed by atoms with Crippen LogP contribution < -0.4 is 11.1 Å². The maximum Gasteiger partial charge on any atom is 0.325 e. The smallest absolute Gasteiger partial charge is 0.325 e. The summed E-state index contributed by atoms with van der Waals surface area (Å²) in [4.78, 5) is 31.3. The first kappa shape index (κ1) is 22.0. The molecular formula is C20H32ClN5O3. The fourth-order valence-corrected chi connectivity index (χ4v) is 5.02. The fourth-order valence-electron chi connectivity index (χ4n) is 5.02.